The topological polar surface area (TPSA) is 29.1 Å². The van der Waals surface area contributed by atoms with E-state index in [2.05, 4.69) is 18.8 Å². The van der Waals surface area contributed by atoms with Crippen molar-refractivity contribution in [2.45, 2.75) is 26.7 Å². The van der Waals surface area contributed by atoms with Crippen LogP contribution in [0.3, 0.4) is 0 Å². The smallest absolute Gasteiger partial charge is 0.230 e. The van der Waals surface area contributed by atoms with Crippen LogP contribution in [0.5, 0.6) is 0 Å². The van der Waals surface area contributed by atoms with E-state index in [0.717, 1.165) is 11.3 Å². The molecule has 0 bridgehead atoms. The van der Waals surface area contributed by atoms with E-state index in [0.29, 0.717) is 12.3 Å². The number of hydrogen-bond acceptors (Lipinski definition) is 2. The number of unbranched alkanes of at least 4 members (excludes halogenated alkanes) is 1. The van der Waals surface area contributed by atoms with Gasteiger partial charge in [0.15, 0.2) is 0 Å². The van der Waals surface area contributed by atoms with Crippen molar-refractivity contribution in [1.29, 1.82) is 0 Å². The van der Waals surface area contributed by atoms with Crippen LogP contribution in [0.25, 0.3) is 0 Å². The third-order valence-corrected chi connectivity index (χ3v) is 2.51. The lowest BCUT2D eigenvalue weighted by Gasteiger charge is -2.03. The molecule has 0 atom stereocenters. The van der Waals surface area contributed by atoms with Gasteiger partial charge in [0, 0.05) is 6.54 Å². The van der Waals surface area contributed by atoms with Crippen molar-refractivity contribution in [3.8, 4) is 0 Å². The van der Waals surface area contributed by atoms with E-state index in [9.17, 15) is 4.79 Å². The molecule has 13 heavy (non-hydrogen) atoms. The minimum atomic E-state index is 0.115. The molecule has 1 N–H and O–H groups in total. The van der Waals surface area contributed by atoms with Crippen molar-refractivity contribution < 1.29 is 4.79 Å². The molecule has 3 heteroatoms. The van der Waals surface area contributed by atoms with E-state index in [1.54, 1.807) is 11.8 Å². The molecule has 0 aromatic heterocycles. The maximum Gasteiger partial charge on any atom is 0.230 e. The Bertz CT molecular complexity index is 168. The normalized spacial score (nSPS) is 9.69. The van der Waals surface area contributed by atoms with E-state index in [1.165, 1.54) is 12.8 Å². The Morgan fingerprint density at radius 3 is 2.77 bits per heavy atom. The highest BCUT2D eigenvalue weighted by Crippen LogP contribution is 2.03. The summed E-state index contributed by atoms with van der Waals surface area (Å²) in [7, 11) is 0. The van der Waals surface area contributed by atoms with Crippen LogP contribution < -0.4 is 5.32 Å². The van der Waals surface area contributed by atoms with Crippen LogP contribution in [0.4, 0.5) is 0 Å². The molecule has 0 aliphatic rings. The van der Waals surface area contributed by atoms with Crippen molar-refractivity contribution in [2.75, 3.05) is 18.1 Å². The number of rotatable bonds is 7. The Balaban J connectivity index is 3.25. The van der Waals surface area contributed by atoms with E-state index in [-0.39, 0.29) is 5.91 Å². The van der Waals surface area contributed by atoms with Crippen LogP contribution in [-0.4, -0.2) is 24.0 Å². The summed E-state index contributed by atoms with van der Waals surface area (Å²) in [5, 5.41) is 2.80. The van der Waals surface area contributed by atoms with Gasteiger partial charge in [0.25, 0.3) is 0 Å². The Kier molecular flexibility index (Phi) is 7.90. The van der Waals surface area contributed by atoms with Crippen LogP contribution >= 0.6 is 11.8 Å². The van der Waals surface area contributed by atoms with Gasteiger partial charge in [-0.05, 0) is 19.1 Å². The molecule has 0 saturated heterocycles. The van der Waals surface area contributed by atoms with Gasteiger partial charge < -0.3 is 5.32 Å². The molecule has 0 rings (SSSR count). The molecule has 0 saturated carbocycles. The zero-order chi connectivity index (χ0) is 10.1. The molecular weight excluding hydrogens is 182 g/mol. The maximum atomic E-state index is 11.1. The summed E-state index contributed by atoms with van der Waals surface area (Å²) in [6, 6.07) is 0. The average molecular weight is 201 g/mol. The summed E-state index contributed by atoms with van der Waals surface area (Å²) in [6.07, 6.45) is 2.39. The van der Waals surface area contributed by atoms with Gasteiger partial charge in [0.2, 0.25) is 5.91 Å². The monoisotopic (exact) mass is 201 g/mol. The van der Waals surface area contributed by atoms with E-state index in [1.807, 2.05) is 6.92 Å². The van der Waals surface area contributed by atoms with Crippen molar-refractivity contribution in [2.24, 2.45) is 0 Å². The summed E-state index contributed by atoms with van der Waals surface area (Å²) < 4.78 is 0. The van der Waals surface area contributed by atoms with Gasteiger partial charge in [-0.25, -0.2) is 0 Å². The van der Waals surface area contributed by atoms with E-state index < -0.39 is 0 Å². The van der Waals surface area contributed by atoms with Gasteiger partial charge in [0.05, 0.1) is 5.75 Å². The highest BCUT2D eigenvalue weighted by molar-refractivity contribution is 7.99. The van der Waals surface area contributed by atoms with Crippen molar-refractivity contribution >= 4 is 17.7 Å². The Labute approximate surface area is 85.2 Å². The molecule has 0 radical (unpaired) electrons. The van der Waals surface area contributed by atoms with Crippen LogP contribution in [0.15, 0.2) is 12.2 Å². The molecule has 76 valence electrons. The Morgan fingerprint density at radius 2 is 2.23 bits per heavy atom. The van der Waals surface area contributed by atoms with Gasteiger partial charge >= 0.3 is 0 Å². The second kappa shape index (κ2) is 8.17. The predicted octanol–water partition coefficient (Wildman–Crippen LogP) is 2.21. The lowest BCUT2D eigenvalue weighted by molar-refractivity contribution is -0.118. The standard InChI is InChI=1S/C10H19NOS/c1-4-5-6-13-8-10(12)11-7-9(2)3/h2,4-8H2,1,3H3,(H,11,12). The third-order valence-electron chi connectivity index (χ3n) is 1.46. The fourth-order valence-electron chi connectivity index (χ4n) is 0.712. The molecule has 0 aromatic carbocycles. The van der Waals surface area contributed by atoms with Gasteiger partial charge in [-0.15, -0.1) is 0 Å². The molecule has 0 aromatic rings. The largest absolute Gasteiger partial charge is 0.352 e. The summed E-state index contributed by atoms with van der Waals surface area (Å²) in [4.78, 5) is 11.1. The van der Waals surface area contributed by atoms with Crippen molar-refractivity contribution in [3.05, 3.63) is 12.2 Å². The van der Waals surface area contributed by atoms with E-state index in [4.69, 9.17) is 0 Å². The first kappa shape index (κ1) is 12.6. The van der Waals surface area contributed by atoms with Crippen LogP contribution in [-0.2, 0) is 4.79 Å². The SMILES string of the molecule is C=C(C)CNC(=O)CSCCCC. The zero-order valence-electron chi connectivity index (χ0n) is 8.56. The first-order valence-corrected chi connectivity index (χ1v) is 5.81. The second-order valence-corrected chi connectivity index (χ2v) is 4.25. The number of carbonyl (C=O) groups excluding carboxylic acids is 1. The fraction of sp³-hybridized carbons (Fsp3) is 0.700. The Morgan fingerprint density at radius 1 is 1.54 bits per heavy atom. The number of nitrogens with one attached hydrogen (secondary N) is 1. The summed E-state index contributed by atoms with van der Waals surface area (Å²) in [5.74, 6) is 1.77. The molecule has 0 unspecified atom stereocenters. The third kappa shape index (κ3) is 9.47. The second-order valence-electron chi connectivity index (χ2n) is 3.14. The molecule has 0 aliphatic carbocycles. The molecule has 0 aliphatic heterocycles. The number of thioether (sulfide) groups is 1. The number of carbonyl (C=O) groups is 1. The maximum absolute atomic E-state index is 11.1. The lowest BCUT2D eigenvalue weighted by atomic mass is 10.3. The van der Waals surface area contributed by atoms with Crippen molar-refractivity contribution in [1.82, 2.24) is 5.32 Å². The van der Waals surface area contributed by atoms with Gasteiger partial charge in [-0.2, -0.15) is 11.8 Å². The minimum Gasteiger partial charge on any atom is -0.352 e. The predicted molar refractivity (Wildman–Crippen MR) is 60.1 cm³/mol. The highest BCUT2D eigenvalue weighted by Gasteiger charge is 1.99. The molecule has 1 amide bonds. The summed E-state index contributed by atoms with van der Waals surface area (Å²) in [6.45, 7) is 8.38. The average Bonchev–Trinajstić information content (AvgIpc) is 2.09. The zero-order valence-corrected chi connectivity index (χ0v) is 9.38. The molecule has 2 nitrogen and oxygen atoms in total. The minimum absolute atomic E-state index is 0.115. The molecular formula is C10H19NOS. The van der Waals surface area contributed by atoms with Crippen molar-refractivity contribution in [3.63, 3.8) is 0 Å². The highest BCUT2D eigenvalue weighted by atomic mass is 32.2. The van der Waals surface area contributed by atoms with Crippen LogP contribution in [0, 0.1) is 0 Å². The van der Waals surface area contributed by atoms with Crippen LogP contribution in [0.2, 0.25) is 0 Å². The van der Waals surface area contributed by atoms with Crippen LogP contribution in [0.1, 0.15) is 26.7 Å². The number of amides is 1. The molecule has 0 heterocycles. The Hall–Kier alpha value is -0.440. The van der Waals surface area contributed by atoms with Gasteiger partial charge in [-0.3, -0.25) is 4.79 Å². The first-order chi connectivity index (χ1) is 6.16. The lowest BCUT2D eigenvalue weighted by Crippen LogP contribution is -2.26. The quantitative estimate of drug-likeness (QED) is 0.505. The molecule has 0 fully saturated rings. The fourth-order valence-corrected chi connectivity index (χ4v) is 1.64. The first-order valence-electron chi connectivity index (χ1n) is 4.65. The summed E-state index contributed by atoms with van der Waals surface area (Å²) >= 11 is 1.70. The van der Waals surface area contributed by atoms with Gasteiger partial charge in [0.1, 0.15) is 0 Å². The number of hydrogen-bond donors (Lipinski definition) is 1. The van der Waals surface area contributed by atoms with Gasteiger partial charge in [-0.1, -0.05) is 25.5 Å². The molecule has 0 spiro atoms. The van der Waals surface area contributed by atoms with E-state index >= 15 is 0 Å². The summed E-state index contributed by atoms with van der Waals surface area (Å²) in [5.41, 5.74) is 0.993.